The first-order valence-electron chi connectivity index (χ1n) is 12.6. The number of rotatable bonds is 17. The van der Waals surface area contributed by atoms with E-state index in [1.807, 2.05) is 0 Å². The minimum Gasteiger partial charge on any atom is -0.508 e. The Labute approximate surface area is 198 Å². The topological polar surface area (TPSA) is 115 Å². The van der Waals surface area contributed by atoms with Gasteiger partial charge in [0.1, 0.15) is 11.5 Å². The zero-order valence-electron chi connectivity index (χ0n) is 20.3. The van der Waals surface area contributed by atoms with Crippen molar-refractivity contribution in [2.45, 2.75) is 104 Å². The van der Waals surface area contributed by atoms with E-state index < -0.39 is 17.4 Å². The lowest BCUT2D eigenvalue weighted by atomic mass is 9.87. The molecule has 0 spiro atoms. The molecule has 0 radical (unpaired) electrons. The summed E-state index contributed by atoms with van der Waals surface area (Å²) < 4.78 is 0. The zero-order valence-corrected chi connectivity index (χ0v) is 20.3. The molecule has 2 rings (SSSR count). The Morgan fingerprint density at radius 1 is 0.909 bits per heavy atom. The second kappa shape index (κ2) is 12.9. The molecular weight excluding hydrogens is 420 g/mol. The molecule has 1 aromatic carbocycles. The van der Waals surface area contributed by atoms with Gasteiger partial charge in [0.15, 0.2) is 0 Å². The lowest BCUT2D eigenvalue weighted by molar-refractivity contribution is -0.147. The number of phenolic OH excluding ortho intramolecular Hbond substituents is 2. The van der Waals surface area contributed by atoms with Crippen LogP contribution in [0.3, 0.4) is 0 Å². The summed E-state index contributed by atoms with van der Waals surface area (Å²) in [4.78, 5) is 22.5. The quantitative estimate of drug-likeness (QED) is 0.202. The van der Waals surface area contributed by atoms with E-state index in [2.05, 4.69) is 0 Å². The maximum atomic E-state index is 11.3. The second-order valence-corrected chi connectivity index (χ2v) is 10.4. The summed E-state index contributed by atoms with van der Waals surface area (Å²) in [5.41, 5.74) is 1.20. The summed E-state index contributed by atoms with van der Waals surface area (Å²) in [6, 6.07) is 3.15. The first-order valence-corrected chi connectivity index (χ1v) is 12.6. The summed E-state index contributed by atoms with van der Waals surface area (Å²) in [5.74, 6) is -0.966. The Balaban J connectivity index is 1.72. The molecule has 1 aromatic rings. The van der Waals surface area contributed by atoms with Crippen LogP contribution < -0.4 is 0 Å². The van der Waals surface area contributed by atoms with Crippen molar-refractivity contribution in [2.24, 2.45) is 17.3 Å². The van der Waals surface area contributed by atoms with E-state index in [0.29, 0.717) is 12.3 Å². The molecule has 0 aliphatic heterocycles. The molecule has 6 heteroatoms. The lowest BCUT2D eigenvalue weighted by Crippen LogP contribution is -2.23. The zero-order chi connectivity index (χ0) is 24.4. The molecule has 1 aliphatic rings. The predicted molar refractivity (Wildman–Crippen MR) is 129 cm³/mol. The average molecular weight is 463 g/mol. The van der Waals surface area contributed by atoms with E-state index in [4.69, 9.17) is 0 Å². The van der Waals surface area contributed by atoms with Crippen molar-refractivity contribution in [2.75, 3.05) is 0 Å². The first-order chi connectivity index (χ1) is 15.6. The highest BCUT2D eigenvalue weighted by Crippen LogP contribution is 2.39. The van der Waals surface area contributed by atoms with E-state index >= 15 is 0 Å². The van der Waals surface area contributed by atoms with Crippen molar-refractivity contribution in [1.82, 2.24) is 0 Å². The van der Waals surface area contributed by atoms with E-state index in [9.17, 15) is 30.0 Å². The van der Waals surface area contributed by atoms with Crippen molar-refractivity contribution in [3.63, 3.8) is 0 Å². The monoisotopic (exact) mass is 462 g/mol. The molecule has 0 bridgehead atoms. The van der Waals surface area contributed by atoms with Crippen molar-refractivity contribution >= 4 is 11.9 Å². The van der Waals surface area contributed by atoms with Crippen LogP contribution in [-0.2, 0) is 22.4 Å². The van der Waals surface area contributed by atoms with Crippen LogP contribution in [0.4, 0.5) is 0 Å². The molecule has 1 unspecified atom stereocenters. The number of aryl methyl sites for hydroxylation is 1. The van der Waals surface area contributed by atoms with Crippen LogP contribution >= 0.6 is 0 Å². The van der Waals surface area contributed by atoms with Gasteiger partial charge >= 0.3 is 11.9 Å². The Morgan fingerprint density at radius 3 is 2.12 bits per heavy atom. The van der Waals surface area contributed by atoms with Crippen molar-refractivity contribution in [3.8, 4) is 11.5 Å². The van der Waals surface area contributed by atoms with Crippen LogP contribution in [0.1, 0.15) is 102 Å². The van der Waals surface area contributed by atoms with Gasteiger partial charge in [-0.15, -0.1) is 0 Å². The fourth-order valence-electron chi connectivity index (χ4n) is 4.63. The maximum Gasteiger partial charge on any atom is 0.309 e. The summed E-state index contributed by atoms with van der Waals surface area (Å²) in [6.45, 7) is 3.52. The molecule has 1 aliphatic carbocycles. The first kappa shape index (κ1) is 27.0. The molecule has 0 saturated heterocycles. The number of carboxylic acids is 2. The molecule has 33 heavy (non-hydrogen) atoms. The Bertz CT molecular complexity index is 781. The molecule has 4 N–H and O–H groups in total. The standard InChI is InChI=1S/C27H42O6/c1-27(2,26(32)33)16-10-6-5-7-11-20-17-21(28)18-24(29)22(20)12-8-3-4-9-13-23(25(30)31)19-14-15-19/h17-19,23,28-29H,3-16H2,1-2H3,(H,30,31)(H,32,33). The third kappa shape index (κ3) is 9.26. The van der Waals surface area contributed by atoms with Crippen molar-refractivity contribution in [1.29, 1.82) is 0 Å². The van der Waals surface area contributed by atoms with Crippen LogP contribution in [0, 0.1) is 17.3 Å². The van der Waals surface area contributed by atoms with Gasteiger partial charge in [-0.05, 0) is 88.3 Å². The smallest absolute Gasteiger partial charge is 0.309 e. The minimum atomic E-state index is -0.757. The molecule has 186 valence electrons. The van der Waals surface area contributed by atoms with Crippen LogP contribution in [0.5, 0.6) is 11.5 Å². The fraction of sp³-hybridized carbons (Fsp3) is 0.704. The third-order valence-electron chi connectivity index (χ3n) is 7.08. The van der Waals surface area contributed by atoms with Crippen LogP contribution in [0.2, 0.25) is 0 Å². The number of unbranched alkanes of at least 4 members (excludes halogenated alkanes) is 6. The van der Waals surface area contributed by atoms with Gasteiger partial charge in [-0.25, -0.2) is 0 Å². The van der Waals surface area contributed by atoms with E-state index in [0.717, 1.165) is 94.6 Å². The van der Waals surface area contributed by atoms with E-state index in [1.54, 1.807) is 19.9 Å². The SMILES string of the molecule is CC(C)(CCCCCCc1cc(O)cc(O)c1CCCCCCC(C(=O)O)C1CC1)C(=O)O. The molecule has 0 heterocycles. The Hall–Kier alpha value is -2.24. The number of carbonyl (C=O) groups is 2. The predicted octanol–water partition coefficient (Wildman–Crippen LogP) is 6.31. The molecule has 0 aromatic heterocycles. The largest absolute Gasteiger partial charge is 0.508 e. The molecule has 1 atom stereocenters. The maximum absolute atomic E-state index is 11.3. The molecule has 1 fully saturated rings. The molecule has 0 amide bonds. The van der Waals surface area contributed by atoms with Crippen molar-refractivity contribution in [3.05, 3.63) is 23.3 Å². The van der Waals surface area contributed by atoms with Gasteiger partial charge in [0.25, 0.3) is 0 Å². The van der Waals surface area contributed by atoms with Gasteiger partial charge < -0.3 is 20.4 Å². The molecular formula is C27H42O6. The number of hydrogen-bond acceptors (Lipinski definition) is 4. The molecule has 1 saturated carbocycles. The number of hydrogen-bond donors (Lipinski definition) is 4. The van der Waals surface area contributed by atoms with Crippen LogP contribution in [0.25, 0.3) is 0 Å². The normalized spacial score (nSPS) is 14.8. The average Bonchev–Trinajstić information content (AvgIpc) is 3.55. The van der Waals surface area contributed by atoms with Crippen LogP contribution in [-0.4, -0.2) is 32.4 Å². The number of carboxylic acid groups (broad SMARTS) is 2. The summed E-state index contributed by atoms with van der Waals surface area (Å²) in [6.07, 6.45) is 12.7. The lowest BCUT2D eigenvalue weighted by Gasteiger charge is -2.18. The summed E-state index contributed by atoms with van der Waals surface area (Å²) >= 11 is 0. The third-order valence-corrected chi connectivity index (χ3v) is 7.08. The molecule has 6 nitrogen and oxygen atoms in total. The highest BCUT2D eigenvalue weighted by atomic mass is 16.4. The van der Waals surface area contributed by atoms with E-state index in [-0.39, 0.29) is 17.4 Å². The van der Waals surface area contributed by atoms with Gasteiger partial charge in [-0.1, -0.05) is 38.5 Å². The summed E-state index contributed by atoms with van der Waals surface area (Å²) in [7, 11) is 0. The van der Waals surface area contributed by atoms with Crippen molar-refractivity contribution < 1.29 is 30.0 Å². The number of aromatic hydroxyl groups is 2. The van der Waals surface area contributed by atoms with Crippen LogP contribution in [0.15, 0.2) is 12.1 Å². The fourth-order valence-corrected chi connectivity index (χ4v) is 4.63. The minimum absolute atomic E-state index is 0.0780. The van der Waals surface area contributed by atoms with Gasteiger partial charge in [-0.3, -0.25) is 9.59 Å². The van der Waals surface area contributed by atoms with Gasteiger partial charge in [0.2, 0.25) is 0 Å². The Morgan fingerprint density at radius 2 is 1.52 bits per heavy atom. The number of aliphatic carboxylic acids is 2. The van der Waals surface area contributed by atoms with Gasteiger partial charge in [0, 0.05) is 6.07 Å². The Kier molecular flexibility index (Phi) is 10.5. The number of benzene rings is 1. The number of phenols is 2. The highest BCUT2D eigenvalue weighted by Gasteiger charge is 2.35. The highest BCUT2D eigenvalue weighted by molar-refractivity contribution is 5.73. The van der Waals surface area contributed by atoms with Gasteiger partial charge in [0.05, 0.1) is 11.3 Å². The second-order valence-electron chi connectivity index (χ2n) is 10.4. The van der Waals surface area contributed by atoms with Gasteiger partial charge in [-0.2, -0.15) is 0 Å². The van der Waals surface area contributed by atoms with E-state index in [1.165, 1.54) is 6.07 Å². The summed E-state index contributed by atoms with van der Waals surface area (Å²) in [5, 5.41) is 38.8.